The number of furan rings is 1. The minimum Gasteiger partial charge on any atom is -0.472 e. The van der Waals surface area contributed by atoms with E-state index < -0.39 is 0 Å². The van der Waals surface area contributed by atoms with Gasteiger partial charge in [-0.25, -0.2) is 0 Å². The van der Waals surface area contributed by atoms with Crippen LogP contribution in [0.5, 0.6) is 0 Å². The van der Waals surface area contributed by atoms with Gasteiger partial charge in [0.2, 0.25) is 0 Å². The van der Waals surface area contributed by atoms with Crippen molar-refractivity contribution in [3.05, 3.63) is 24.2 Å². The monoisotopic (exact) mass is 346 g/mol. The average Bonchev–Trinajstić information content (AvgIpc) is 3.17. The van der Waals surface area contributed by atoms with E-state index in [0.29, 0.717) is 11.6 Å². The average molecular weight is 346 g/mol. The van der Waals surface area contributed by atoms with Gasteiger partial charge in [0.15, 0.2) is 0 Å². The van der Waals surface area contributed by atoms with Crippen molar-refractivity contribution < 1.29 is 13.9 Å². The number of hydrogen-bond donors (Lipinski definition) is 0. The molecule has 2 saturated heterocycles. The lowest BCUT2D eigenvalue weighted by molar-refractivity contribution is 0.00309. The first-order chi connectivity index (χ1) is 12.2. The number of nitrogens with zero attached hydrogens (tertiary/aromatic N) is 2. The van der Waals surface area contributed by atoms with Crippen LogP contribution in [-0.2, 0) is 4.74 Å². The van der Waals surface area contributed by atoms with Gasteiger partial charge in [-0.05, 0) is 57.4 Å². The topological polar surface area (TPSA) is 45.9 Å². The summed E-state index contributed by atoms with van der Waals surface area (Å²) in [7, 11) is 0. The number of carbonyl (C=O) groups is 1. The summed E-state index contributed by atoms with van der Waals surface area (Å²) in [6.45, 7) is 6.68. The molecule has 0 radical (unpaired) electrons. The molecule has 5 heteroatoms. The molecule has 2 aliphatic heterocycles. The highest BCUT2D eigenvalue weighted by atomic mass is 16.5. The summed E-state index contributed by atoms with van der Waals surface area (Å²) in [4.78, 5) is 17.4. The molecular formula is C20H30N2O3. The lowest BCUT2D eigenvalue weighted by atomic mass is 9.84. The van der Waals surface area contributed by atoms with Crippen molar-refractivity contribution in [2.45, 2.75) is 57.0 Å². The van der Waals surface area contributed by atoms with Crippen LogP contribution in [0, 0.1) is 5.92 Å². The number of likely N-dealkylation sites (tertiary alicyclic amines) is 2. The van der Waals surface area contributed by atoms with Crippen molar-refractivity contribution in [2.75, 3.05) is 32.8 Å². The Morgan fingerprint density at radius 3 is 2.72 bits per heavy atom. The first-order valence-corrected chi connectivity index (χ1v) is 9.88. The SMILES string of the molecule is CCOCC1CCC2(CCN(C(=O)c3ccoc3)CC2)N1CC1CC1. The molecule has 3 aliphatic rings. The van der Waals surface area contributed by atoms with E-state index in [2.05, 4.69) is 11.8 Å². The molecule has 25 heavy (non-hydrogen) atoms. The van der Waals surface area contributed by atoms with Gasteiger partial charge in [0.05, 0.1) is 18.4 Å². The Labute approximate surface area is 150 Å². The van der Waals surface area contributed by atoms with E-state index in [1.165, 1.54) is 32.2 Å². The molecule has 1 spiro atoms. The van der Waals surface area contributed by atoms with Gasteiger partial charge in [-0.15, -0.1) is 0 Å². The van der Waals surface area contributed by atoms with E-state index in [-0.39, 0.29) is 11.4 Å². The molecule has 1 aliphatic carbocycles. The Balaban J connectivity index is 1.41. The minimum atomic E-state index is 0.112. The Bertz CT molecular complexity index is 574. The summed E-state index contributed by atoms with van der Waals surface area (Å²) in [5.41, 5.74) is 0.962. The third-order valence-corrected chi connectivity index (χ3v) is 6.41. The summed E-state index contributed by atoms with van der Waals surface area (Å²) in [6, 6.07) is 2.33. The minimum absolute atomic E-state index is 0.112. The second-order valence-corrected chi connectivity index (χ2v) is 7.98. The van der Waals surface area contributed by atoms with E-state index >= 15 is 0 Å². The number of amides is 1. The number of rotatable bonds is 6. The third kappa shape index (κ3) is 3.49. The van der Waals surface area contributed by atoms with E-state index in [1.807, 2.05) is 4.90 Å². The Hall–Kier alpha value is -1.33. The van der Waals surface area contributed by atoms with E-state index in [4.69, 9.17) is 9.15 Å². The summed E-state index contributed by atoms with van der Waals surface area (Å²) < 4.78 is 10.8. The molecule has 1 atom stereocenters. The van der Waals surface area contributed by atoms with E-state index in [0.717, 1.165) is 45.1 Å². The van der Waals surface area contributed by atoms with Crippen LogP contribution in [0.1, 0.15) is 55.8 Å². The maximum atomic E-state index is 12.6. The fraction of sp³-hybridized carbons (Fsp3) is 0.750. The van der Waals surface area contributed by atoms with Gasteiger partial charge < -0.3 is 14.1 Å². The Kier molecular flexibility index (Phi) is 4.87. The summed E-state index contributed by atoms with van der Waals surface area (Å²) >= 11 is 0. The molecule has 0 aromatic carbocycles. The smallest absolute Gasteiger partial charge is 0.257 e. The van der Waals surface area contributed by atoms with Crippen molar-refractivity contribution in [3.8, 4) is 0 Å². The molecule has 5 nitrogen and oxygen atoms in total. The fourth-order valence-corrected chi connectivity index (χ4v) is 4.70. The summed E-state index contributed by atoms with van der Waals surface area (Å²) in [5, 5.41) is 0. The third-order valence-electron chi connectivity index (χ3n) is 6.41. The van der Waals surface area contributed by atoms with E-state index in [9.17, 15) is 4.79 Å². The van der Waals surface area contributed by atoms with Crippen LogP contribution in [-0.4, -0.2) is 60.1 Å². The molecule has 3 fully saturated rings. The largest absolute Gasteiger partial charge is 0.472 e. The zero-order valence-electron chi connectivity index (χ0n) is 15.3. The predicted octanol–water partition coefficient (Wildman–Crippen LogP) is 3.17. The molecule has 1 amide bonds. The fourth-order valence-electron chi connectivity index (χ4n) is 4.70. The van der Waals surface area contributed by atoms with Crippen LogP contribution < -0.4 is 0 Å². The number of piperidine rings is 1. The number of hydrogen-bond acceptors (Lipinski definition) is 4. The molecule has 138 valence electrons. The molecule has 1 aromatic rings. The lowest BCUT2D eigenvalue weighted by Crippen LogP contribution is -2.56. The molecule has 3 heterocycles. The zero-order valence-corrected chi connectivity index (χ0v) is 15.3. The van der Waals surface area contributed by atoms with Crippen LogP contribution >= 0.6 is 0 Å². The summed E-state index contributed by atoms with van der Waals surface area (Å²) in [6.07, 6.45) is 10.6. The van der Waals surface area contributed by atoms with Crippen LogP contribution in [0.25, 0.3) is 0 Å². The second-order valence-electron chi connectivity index (χ2n) is 7.98. The van der Waals surface area contributed by atoms with Gasteiger partial charge >= 0.3 is 0 Å². The molecular weight excluding hydrogens is 316 g/mol. The van der Waals surface area contributed by atoms with Gasteiger partial charge in [-0.2, -0.15) is 0 Å². The van der Waals surface area contributed by atoms with Crippen molar-refractivity contribution in [1.82, 2.24) is 9.80 Å². The molecule has 4 rings (SSSR count). The highest BCUT2D eigenvalue weighted by Gasteiger charge is 2.49. The van der Waals surface area contributed by atoms with Crippen molar-refractivity contribution in [3.63, 3.8) is 0 Å². The molecule has 1 unspecified atom stereocenters. The maximum absolute atomic E-state index is 12.6. The number of carbonyl (C=O) groups excluding carboxylic acids is 1. The molecule has 0 N–H and O–H groups in total. The zero-order chi connectivity index (χ0) is 17.3. The standard InChI is InChI=1S/C20H30N2O3/c1-2-24-15-18-5-7-20(22(18)13-16-3-4-16)8-10-21(11-9-20)19(23)17-6-12-25-14-17/h6,12,14,16,18H,2-5,7-11,13,15H2,1H3. The molecule has 1 aromatic heterocycles. The Morgan fingerprint density at radius 1 is 1.28 bits per heavy atom. The molecule has 0 bridgehead atoms. The summed E-state index contributed by atoms with van der Waals surface area (Å²) in [5.74, 6) is 1.01. The normalized spacial score (nSPS) is 26.4. The number of ether oxygens (including phenoxy) is 1. The van der Waals surface area contributed by atoms with Gasteiger partial charge in [-0.1, -0.05) is 0 Å². The van der Waals surface area contributed by atoms with E-state index in [1.54, 1.807) is 18.6 Å². The van der Waals surface area contributed by atoms with Gasteiger partial charge in [0.1, 0.15) is 6.26 Å². The van der Waals surface area contributed by atoms with Crippen molar-refractivity contribution in [1.29, 1.82) is 0 Å². The molecule has 1 saturated carbocycles. The quantitative estimate of drug-likeness (QED) is 0.794. The highest BCUT2D eigenvalue weighted by molar-refractivity contribution is 5.93. The van der Waals surface area contributed by atoms with Gasteiger partial charge in [0.25, 0.3) is 5.91 Å². The van der Waals surface area contributed by atoms with Crippen LogP contribution in [0.3, 0.4) is 0 Å². The Morgan fingerprint density at radius 2 is 2.08 bits per heavy atom. The first kappa shape index (κ1) is 17.1. The van der Waals surface area contributed by atoms with Crippen LogP contribution in [0.15, 0.2) is 23.0 Å². The van der Waals surface area contributed by atoms with Gasteiger partial charge in [-0.3, -0.25) is 9.69 Å². The highest BCUT2D eigenvalue weighted by Crippen LogP contribution is 2.44. The first-order valence-electron chi connectivity index (χ1n) is 9.88. The van der Waals surface area contributed by atoms with Gasteiger partial charge in [0, 0.05) is 37.8 Å². The van der Waals surface area contributed by atoms with Crippen molar-refractivity contribution in [2.24, 2.45) is 5.92 Å². The predicted molar refractivity (Wildman–Crippen MR) is 95.5 cm³/mol. The van der Waals surface area contributed by atoms with Crippen molar-refractivity contribution >= 4 is 5.91 Å². The second kappa shape index (κ2) is 7.12. The lowest BCUT2D eigenvalue weighted by Gasteiger charge is -2.46. The van der Waals surface area contributed by atoms with Crippen LogP contribution in [0.4, 0.5) is 0 Å². The maximum Gasteiger partial charge on any atom is 0.257 e. The van der Waals surface area contributed by atoms with Crippen LogP contribution in [0.2, 0.25) is 0 Å².